The molecule has 0 radical (unpaired) electrons. The average molecular weight is 381 g/mol. The summed E-state index contributed by atoms with van der Waals surface area (Å²) in [6.07, 6.45) is 1.74. The van der Waals surface area contributed by atoms with Gasteiger partial charge in [0.1, 0.15) is 6.33 Å². The number of H-pyrrole nitrogens is 1. The minimum Gasteiger partial charge on any atom is -0.348 e. The first-order valence-corrected chi connectivity index (χ1v) is 9.43. The first-order chi connectivity index (χ1) is 14.2. The lowest BCUT2D eigenvalue weighted by Crippen LogP contribution is -2.22. The van der Waals surface area contributed by atoms with Crippen LogP contribution in [0.15, 0.2) is 73.1 Å². The Morgan fingerprint density at radius 1 is 1.07 bits per heavy atom. The van der Waals surface area contributed by atoms with Crippen LogP contribution in [0.3, 0.4) is 0 Å². The summed E-state index contributed by atoms with van der Waals surface area (Å²) in [4.78, 5) is 17.1. The fourth-order valence-electron chi connectivity index (χ4n) is 3.56. The van der Waals surface area contributed by atoms with E-state index in [4.69, 9.17) is 0 Å². The molecule has 0 saturated heterocycles. The van der Waals surface area contributed by atoms with E-state index in [9.17, 15) is 4.79 Å². The predicted molar refractivity (Wildman–Crippen MR) is 113 cm³/mol. The molecular formula is C23H19N5O. The molecule has 142 valence electrons. The maximum absolute atomic E-state index is 12.6. The van der Waals surface area contributed by atoms with Gasteiger partial charge in [0.2, 0.25) is 0 Å². The van der Waals surface area contributed by atoms with Gasteiger partial charge in [-0.15, -0.1) is 0 Å². The first kappa shape index (κ1) is 17.2. The van der Waals surface area contributed by atoms with E-state index in [1.165, 1.54) is 5.56 Å². The van der Waals surface area contributed by atoms with Crippen molar-refractivity contribution in [1.29, 1.82) is 0 Å². The van der Waals surface area contributed by atoms with Crippen LogP contribution in [0.1, 0.15) is 21.5 Å². The highest BCUT2D eigenvalue weighted by atomic mass is 16.1. The van der Waals surface area contributed by atoms with E-state index in [-0.39, 0.29) is 5.91 Å². The number of benzene rings is 3. The largest absolute Gasteiger partial charge is 0.348 e. The summed E-state index contributed by atoms with van der Waals surface area (Å²) in [6, 6.07) is 21.6. The van der Waals surface area contributed by atoms with Crippen molar-refractivity contribution >= 4 is 27.8 Å². The van der Waals surface area contributed by atoms with Gasteiger partial charge in [0, 0.05) is 17.5 Å². The maximum Gasteiger partial charge on any atom is 0.251 e. The molecule has 6 nitrogen and oxygen atoms in total. The van der Waals surface area contributed by atoms with Crippen LogP contribution in [0.25, 0.3) is 27.8 Å². The molecule has 29 heavy (non-hydrogen) atoms. The SMILES string of the molecule is Cc1cccc(CNC(=O)c2ccc3c(c2)ncn3-c2n[nH]c3ccccc23)c1. The smallest absolute Gasteiger partial charge is 0.251 e. The monoisotopic (exact) mass is 381 g/mol. The van der Waals surface area contributed by atoms with Crippen LogP contribution in [0.5, 0.6) is 0 Å². The van der Waals surface area contributed by atoms with Gasteiger partial charge in [0.05, 0.1) is 16.6 Å². The molecule has 5 aromatic rings. The number of aryl methyl sites for hydroxylation is 1. The van der Waals surface area contributed by atoms with Gasteiger partial charge < -0.3 is 5.32 Å². The van der Waals surface area contributed by atoms with Crippen molar-refractivity contribution in [3.8, 4) is 5.82 Å². The van der Waals surface area contributed by atoms with Crippen LogP contribution in [0.4, 0.5) is 0 Å². The molecule has 2 heterocycles. The number of rotatable bonds is 4. The van der Waals surface area contributed by atoms with Gasteiger partial charge in [-0.25, -0.2) is 4.98 Å². The number of nitrogens with zero attached hydrogens (tertiary/aromatic N) is 3. The zero-order valence-electron chi connectivity index (χ0n) is 15.9. The second-order valence-corrected chi connectivity index (χ2v) is 7.08. The fraction of sp³-hybridized carbons (Fsp3) is 0.0870. The molecule has 0 aliphatic carbocycles. The van der Waals surface area contributed by atoms with E-state index < -0.39 is 0 Å². The summed E-state index contributed by atoms with van der Waals surface area (Å²) in [5.74, 6) is 0.674. The van der Waals surface area contributed by atoms with Crippen molar-refractivity contribution in [3.63, 3.8) is 0 Å². The Kier molecular flexibility index (Phi) is 4.09. The molecule has 0 bridgehead atoms. The molecule has 6 heteroatoms. The van der Waals surface area contributed by atoms with Crippen LogP contribution < -0.4 is 5.32 Å². The Hall–Kier alpha value is -3.93. The van der Waals surface area contributed by atoms with Crippen molar-refractivity contribution in [2.45, 2.75) is 13.5 Å². The zero-order chi connectivity index (χ0) is 19.8. The van der Waals surface area contributed by atoms with Gasteiger partial charge in [0.25, 0.3) is 5.91 Å². The number of aromatic amines is 1. The number of hydrogen-bond donors (Lipinski definition) is 2. The molecule has 5 rings (SSSR count). The van der Waals surface area contributed by atoms with Gasteiger partial charge in [-0.05, 0) is 42.8 Å². The predicted octanol–water partition coefficient (Wildman–Crippen LogP) is 4.14. The highest BCUT2D eigenvalue weighted by Gasteiger charge is 2.13. The number of imidazole rings is 1. The van der Waals surface area contributed by atoms with E-state index in [1.54, 1.807) is 6.33 Å². The minimum atomic E-state index is -0.117. The van der Waals surface area contributed by atoms with Gasteiger partial charge in [-0.1, -0.05) is 42.0 Å². The second-order valence-electron chi connectivity index (χ2n) is 7.08. The first-order valence-electron chi connectivity index (χ1n) is 9.43. The molecule has 2 N–H and O–H groups in total. The summed E-state index contributed by atoms with van der Waals surface area (Å²) in [7, 11) is 0. The molecule has 0 aliphatic rings. The lowest BCUT2D eigenvalue weighted by molar-refractivity contribution is 0.0951. The van der Waals surface area contributed by atoms with E-state index in [1.807, 2.05) is 72.2 Å². The molecule has 0 fully saturated rings. The van der Waals surface area contributed by atoms with Gasteiger partial charge in [0.15, 0.2) is 5.82 Å². The van der Waals surface area contributed by atoms with E-state index in [0.29, 0.717) is 12.1 Å². The number of amides is 1. The van der Waals surface area contributed by atoms with Crippen molar-refractivity contribution in [2.75, 3.05) is 0 Å². The lowest BCUT2D eigenvalue weighted by atomic mass is 10.1. The summed E-state index contributed by atoms with van der Waals surface area (Å²) < 4.78 is 1.93. The number of para-hydroxylation sites is 1. The Labute approximate surface area is 167 Å². The number of aromatic nitrogens is 4. The summed E-state index contributed by atoms with van der Waals surface area (Å²) in [5, 5.41) is 11.5. The molecule has 3 aromatic carbocycles. The van der Waals surface area contributed by atoms with Crippen molar-refractivity contribution in [3.05, 3.63) is 89.7 Å². The normalized spacial score (nSPS) is 11.2. The minimum absolute atomic E-state index is 0.117. The molecule has 0 aliphatic heterocycles. The standard InChI is InChI=1S/C23H19N5O/c1-15-5-4-6-16(11-15)13-24-23(29)17-9-10-21-20(12-17)25-14-28(21)22-18-7-2-3-8-19(18)26-27-22/h2-12,14H,13H2,1H3,(H,24,29)(H,26,27). The van der Waals surface area contributed by atoms with Crippen LogP contribution in [-0.2, 0) is 6.54 Å². The summed E-state index contributed by atoms with van der Waals surface area (Å²) in [5.41, 5.74) is 5.46. The van der Waals surface area contributed by atoms with Crippen LogP contribution in [0, 0.1) is 6.92 Å². The second kappa shape index (κ2) is 6.91. The van der Waals surface area contributed by atoms with Crippen molar-refractivity contribution < 1.29 is 4.79 Å². The third-order valence-electron chi connectivity index (χ3n) is 5.02. The average Bonchev–Trinajstić information content (AvgIpc) is 3.35. The third kappa shape index (κ3) is 3.14. The Morgan fingerprint density at radius 2 is 1.97 bits per heavy atom. The van der Waals surface area contributed by atoms with Crippen LogP contribution in [-0.4, -0.2) is 25.7 Å². The highest BCUT2D eigenvalue weighted by Crippen LogP contribution is 2.24. The quantitative estimate of drug-likeness (QED) is 0.491. The summed E-state index contributed by atoms with van der Waals surface area (Å²) >= 11 is 0. The molecule has 0 atom stereocenters. The van der Waals surface area contributed by atoms with Crippen molar-refractivity contribution in [2.24, 2.45) is 0 Å². The van der Waals surface area contributed by atoms with Crippen LogP contribution >= 0.6 is 0 Å². The van der Waals surface area contributed by atoms with E-state index in [0.717, 1.165) is 33.3 Å². The molecule has 0 saturated carbocycles. The fourth-order valence-corrected chi connectivity index (χ4v) is 3.56. The molecular weight excluding hydrogens is 362 g/mol. The summed E-state index contributed by atoms with van der Waals surface area (Å²) in [6.45, 7) is 2.53. The van der Waals surface area contributed by atoms with E-state index >= 15 is 0 Å². The third-order valence-corrected chi connectivity index (χ3v) is 5.02. The highest BCUT2D eigenvalue weighted by molar-refractivity contribution is 5.98. The number of nitrogens with one attached hydrogen (secondary N) is 2. The number of fused-ring (bicyclic) bond motifs is 2. The topological polar surface area (TPSA) is 75.6 Å². The zero-order valence-corrected chi connectivity index (χ0v) is 15.9. The Morgan fingerprint density at radius 3 is 2.86 bits per heavy atom. The van der Waals surface area contributed by atoms with E-state index in [2.05, 4.69) is 26.6 Å². The molecule has 0 unspecified atom stereocenters. The Balaban J connectivity index is 1.42. The van der Waals surface area contributed by atoms with Crippen molar-refractivity contribution in [1.82, 2.24) is 25.1 Å². The lowest BCUT2D eigenvalue weighted by Gasteiger charge is -2.07. The maximum atomic E-state index is 12.6. The Bertz CT molecular complexity index is 1350. The van der Waals surface area contributed by atoms with Gasteiger partial charge in [-0.3, -0.25) is 14.5 Å². The molecule has 2 aromatic heterocycles. The van der Waals surface area contributed by atoms with Crippen LogP contribution in [0.2, 0.25) is 0 Å². The number of carbonyl (C=O) groups is 1. The molecule has 0 spiro atoms. The molecule has 1 amide bonds. The number of carbonyl (C=O) groups excluding carboxylic acids is 1. The van der Waals surface area contributed by atoms with Gasteiger partial charge in [-0.2, -0.15) is 5.10 Å². The van der Waals surface area contributed by atoms with Gasteiger partial charge >= 0.3 is 0 Å². The number of hydrogen-bond acceptors (Lipinski definition) is 3.